The number of aliphatic imine (C=N–C) groups is 1. The van der Waals surface area contributed by atoms with Crippen molar-refractivity contribution in [1.29, 1.82) is 0 Å². The molecule has 22 heavy (non-hydrogen) atoms. The van der Waals surface area contributed by atoms with Crippen LogP contribution in [-0.2, 0) is 4.74 Å². The Bertz CT molecular complexity index is 335. The molecule has 0 saturated carbocycles. The molecule has 2 rings (SSSR count). The molecule has 128 valence electrons. The summed E-state index contributed by atoms with van der Waals surface area (Å²) in [5, 5.41) is 7.69. The molecule has 2 aliphatic heterocycles. The maximum absolute atomic E-state index is 5.54. The van der Waals surface area contributed by atoms with Crippen molar-refractivity contribution >= 4 is 29.5 Å². The zero-order chi connectivity index (χ0) is 15.7. The molecule has 2 heterocycles. The van der Waals surface area contributed by atoms with Crippen LogP contribution in [0.4, 0.5) is 0 Å². The van der Waals surface area contributed by atoms with E-state index >= 15 is 0 Å². The van der Waals surface area contributed by atoms with E-state index in [1.807, 2.05) is 0 Å². The van der Waals surface area contributed by atoms with E-state index in [0.717, 1.165) is 62.7 Å². The monoisotopic (exact) mass is 345 g/mol. The summed E-state index contributed by atoms with van der Waals surface area (Å²) in [5.74, 6) is 3.45. The number of hydrogen-bond donors (Lipinski definition) is 2. The minimum atomic E-state index is 0.275. The second-order valence-corrected chi connectivity index (χ2v) is 9.08. The molecule has 0 radical (unpaired) electrons. The Hall–Kier alpha value is -0.0700. The molecule has 0 amide bonds. The van der Waals surface area contributed by atoms with Gasteiger partial charge < -0.3 is 15.4 Å². The number of thioether (sulfide) groups is 2. The summed E-state index contributed by atoms with van der Waals surface area (Å²) in [5.41, 5.74) is 0. The molecule has 2 aliphatic rings. The van der Waals surface area contributed by atoms with Crippen molar-refractivity contribution in [1.82, 2.24) is 10.6 Å². The van der Waals surface area contributed by atoms with Crippen LogP contribution in [0.15, 0.2) is 4.99 Å². The molecule has 0 aliphatic carbocycles. The lowest BCUT2D eigenvalue weighted by Crippen LogP contribution is -2.42. The SMILES string of the molecule is CCNC(=NCC1(SCC)CCOCC1)NCC1CCCS1. The predicted octanol–water partition coefficient (Wildman–Crippen LogP) is 2.74. The molecule has 2 fully saturated rings. The number of nitrogens with zero attached hydrogens (tertiary/aromatic N) is 1. The van der Waals surface area contributed by atoms with Gasteiger partial charge in [-0.2, -0.15) is 23.5 Å². The van der Waals surface area contributed by atoms with Crippen LogP contribution < -0.4 is 10.6 Å². The first-order valence-corrected chi connectivity index (χ1v) is 10.7. The van der Waals surface area contributed by atoms with Gasteiger partial charge in [-0.15, -0.1) is 0 Å². The molecule has 1 unspecified atom stereocenters. The van der Waals surface area contributed by atoms with E-state index in [4.69, 9.17) is 9.73 Å². The molecule has 2 N–H and O–H groups in total. The quantitative estimate of drug-likeness (QED) is 0.549. The second kappa shape index (κ2) is 9.93. The van der Waals surface area contributed by atoms with E-state index in [-0.39, 0.29) is 4.75 Å². The van der Waals surface area contributed by atoms with Crippen LogP contribution in [0.3, 0.4) is 0 Å². The normalized spacial score (nSPS) is 25.2. The standard InChI is InChI=1S/C16H31N3OS2/c1-3-17-15(18-12-14-6-5-11-21-14)19-13-16(22-4-2)7-9-20-10-8-16/h14H,3-13H2,1-2H3,(H2,17,18,19). The summed E-state index contributed by atoms with van der Waals surface area (Å²) < 4.78 is 5.82. The summed E-state index contributed by atoms with van der Waals surface area (Å²) in [6, 6.07) is 0. The van der Waals surface area contributed by atoms with Gasteiger partial charge in [0, 0.05) is 36.3 Å². The third-order valence-corrected chi connectivity index (χ3v) is 7.08. The summed E-state index contributed by atoms with van der Waals surface area (Å²) in [4.78, 5) is 4.90. The fourth-order valence-electron chi connectivity index (χ4n) is 2.98. The van der Waals surface area contributed by atoms with Gasteiger partial charge >= 0.3 is 0 Å². The Labute approximate surface area is 144 Å². The van der Waals surface area contributed by atoms with E-state index in [1.54, 1.807) is 0 Å². The van der Waals surface area contributed by atoms with Crippen LogP contribution in [0.25, 0.3) is 0 Å². The second-order valence-electron chi connectivity index (χ2n) is 5.94. The molecule has 0 aromatic carbocycles. The van der Waals surface area contributed by atoms with Gasteiger partial charge in [0.05, 0.1) is 6.54 Å². The van der Waals surface area contributed by atoms with Crippen LogP contribution in [0.5, 0.6) is 0 Å². The molecular formula is C16H31N3OS2. The zero-order valence-electron chi connectivity index (χ0n) is 14.0. The largest absolute Gasteiger partial charge is 0.381 e. The Balaban J connectivity index is 1.88. The van der Waals surface area contributed by atoms with Crippen molar-refractivity contribution in [2.75, 3.05) is 44.4 Å². The Morgan fingerprint density at radius 2 is 2.14 bits per heavy atom. The van der Waals surface area contributed by atoms with Crippen molar-refractivity contribution in [2.24, 2.45) is 4.99 Å². The van der Waals surface area contributed by atoms with Gasteiger partial charge in [0.1, 0.15) is 0 Å². The van der Waals surface area contributed by atoms with Crippen molar-refractivity contribution < 1.29 is 4.74 Å². The van der Waals surface area contributed by atoms with E-state index in [0.29, 0.717) is 0 Å². The van der Waals surface area contributed by atoms with Crippen molar-refractivity contribution in [3.05, 3.63) is 0 Å². The van der Waals surface area contributed by atoms with Gasteiger partial charge in [0.25, 0.3) is 0 Å². The van der Waals surface area contributed by atoms with E-state index < -0.39 is 0 Å². The molecule has 0 aromatic heterocycles. The topological polar surface area (TPSA) is 45.7 Å². The molecule has 0 aromatic rings. The predicted molar refractivity (Wildman–Crippen MR) is 100 cm³/mol. The van der Waals surface area contributed by atoms with Gasteiger partial charge in [0.2, 0.25) is 0 Å². The van der Waals surface area contributed by atoms with E-state index in [9.17, 15) is 0 Å². The minimum absolute atomic E-state index is 0.275. The number of nitrogens with one attached hydrogen (secondary N) is 2. The molecule has 4 nitrogen and oxygen atoms in total. The molecule has 0 bridgehead atoms. The maximum Gasteiger partial charge on any atom is 0.191 e. The highest BCUT2D eigenvalue weighted by Gasteiger charge is 2.32. The molecule has 1 atom stereocenters. The Morgan fingerprint density at radius 3 is 2.77 bits per heavy atom. The van der Waals surface area contributed by atoms with Crippen molar-refractivity contribution in [2.45, 2.75) is 49.5 Å². The summed E-state index contributed by atoms with van der Waals surface area (Å²) in [6.07, 6.45) is 4.94. The van der Waals surface area contributed by atoms with Crippen LogP contribution in [-0.4, -0.2) is 60.3 Å². The van der Waals surface area contributed by atoms with E-state index in [1.165, 1.54) is 18.6 Å². The van der Waals surface area contributed by atoms with Gasteiger partial charge in [-0.1, -0.05) is 6.92 Å². The number of hydrogen-bond acceptors (Lipinski definition) is 4. The maximum atomic E-state index is 5.54. The third kappa shape index (κ3) is 5.85. The van der Waals surface area contributed by atoms with Crippen molar-refractivity contribution in [3.8, 4) is 0 Å². The smallest absolute Gasteiger partial charge is 0.191 e. The molecule has 6 heteroatoms. The van der Waals surface area contributed by atoms with E-state index in [2.05, 4.69) is 48.0 Å². The molecule has 0 spiro atoms. The first-order valence-electron chi connectivity index (χ1n) is 8.63. The lowest BCUT2D eigenvalue weighted by molar-refractivity contribution is 0.0793. The number of rotatable bonds is 7. The van der Waals surface area contributed by atoms with Gasteiger partial charge in [0.15, 0.2) is 5.96 Å². The lowest BCUT2D eigenvalue weighted by Gasteiger charge is -2.35. The average molecular weight is 346 g/mol. The van der Waals surface area contributed by atoms with Crippen molar-refractivity contribution in [3.63, 3.8) is 0 Å². The molecular weight excluding hydrogens is 314 g/mol. The van der Waals surface area contributed by atoms with Crippen LogP contribution in [0, 0.1) is 0 Å². The van der Waals surface area contributed by atoms with Crippen LogP contribution in [0.2, 0.25) is 0 Å². The van der Waals surface area contributed by atoms with Crippen LogP contribution in [0.1, 0.15) is 39.5 Å². The number of guanidine groups is 1. The zero-order valence-corrected chi connectivity index (χ0v) is 15.7. The van der Waals surface area contributed by atoms with Gasteiger partial charge in [-0.3, -0.25) is 4.99 Å². The fraction of sp³-hybridized carbons (Fsp3) is 0.938. The summed E-state index contributed by atoms with van der Waals surface area (Å²) in [6.45, 7) is 8.98. The summed E-state index contributed by atoms with van der Waals surface area (Å²) >= 11 is 4.15. The highest BCUT2D eigenvalue weighted by Crippen LogP contribution is 2.35. The Kier molecular flexibility index (Phi) is 8.25. The summed E-state index contributed by atoms with van der Waals surface area (Å²) in [7, 11) is 0. The Morgan fingerprint density at radius 1 is 1.32 bits per heavy atom. The average Bonchev–Trinajstić information content (AvgIpc) is 3.05. The first kappa shape index (κ1) is 18.3. The number of ether oxygens (including phenoxy) is 1. The first-order chi connectivity index (χ1) is 10.8. The van der Waals surface area contributed by atoms with Crippen LogP contribution >= 0.6 is 23.5 Å². The highest BCUT2D eigenvalue weighted by atomic mass is 32.2. The van der Waals surface area contributed by atoms with Gasteiger partial charge in [-0.25, -0.2) is 0 Å². The molecule has 2 saturated heterocycles. The fourth-order valence-corrected chi connectivity index (χ4v) is 5.40. The third-order valence-electron chi connectivity index (χ3n) is 4.25. The lowest BCUT2D eigenvalue weighted by atomic mass is 9.99. The van der Waals surface area contributed by atoms with Gasteiger partial charge in [-0.05, 0) is 44.1 Å². The highest BCUT2D eigenvalue weighted by molar-refractivity contribution is 8.00. The minimum Gasteiger partial charge on any atom is -0.381 e.